The predicted molar refractivity (Wildman–Crippen MR) is 78.7 cm³/mol. The molecule has 3 N–H and O–H groups in total. The van der Waals surface area contributed by atoms with Crippen molar-refractivity contribution in [3.8, 4) is 0 Å². The normalized spacial score (nSPS) is 16.6. The maximum atomic E-state index is 12.8. The third-order valence-electron chi connectivity index (χ3n) is 3.99. The number of hydrogen-bond acceptors (Lipinski definition) is 3. The second-order valence-corrected chi connectivity index (χ2v) is 5.64. The third kappa shape index (κ3) is 3.54. The number of pyridine rings is 1. The summed E-state index contributed by atoms with van der Waals surface area (Å²) in [7, 11) is 0. The molecule has 0 radical (unpaired) electrons. The summed E-state index contributed by atoms with van der Waals surface area (Å²) < 4.78 is 39.6. The zero-order valence-electron chi connectivity index (χ0n) is 12.3. The van der Waals surface area contributed by atoms with Gasteiger partial charge in [-0.1, -0.05) is 6.42 Å². The Morgan fingerprint density at radius 2 is 2.13 bits per heavy atom. The van der Waals surface area contributed by atoms with Gasteiger partial charge in [-0.15, -0.1) is 10.2 Å². The van der Waals surface area contributed by atoms with Gasteiger partial charge in [-0.25, -0.2) is 4.99 Å². The first-order chi connectivity index (χ1) is 10.9. The van der Waals surface area contributed by atoms with Crippen molar-refractivity contribution < 1.29 is 13.2 Å². The number of rotatable bonds is 4. The fourth-order valence-electron chi connectivity index (χ4n) is 2.37. The Labute approximate surface area is 130 Å². The zero-order valence-corrected chi connectivity index (χ0v) is 12.3. The van der Waals surface area contributed by atoms with Crippen LogP contribution in [0.15, 0.2) is 23.3 Å². The molecule has 2 aromatic rings. The van der Waals surface area contributed by atoms with E-state index in [2.05, 4.69) is 20.5 Å². The molecule has 1 aliphatic rings. The minimum atomic E-state index is -4.41. The molecule has 0 aliphatic heterocycles. The van der Waals surface area contributed by atoms with E-state index in [1.165, 1.54) is 29.7 Å². The van der Waals surface area contributed by atoms with Crippen molar-refractivity contribution in [2.45, 2.75) is 32.0 Å². The van der Waals surface area contributed by atoms with Crippen molar-refractivity contribution in [3.63, 3.8) is 0 Å². The standard InChI is InChI=1S/C14H17F3N6/c15-14(16,17)10-4-5-11-21-22-12(23(11)8-10)7-20-13(18)19-6-9-2-1-3-9/h4-5,8-9H,1-3,6-7H2,(H3,18,19,20). The van der Waals surface area contributed by atoms with E-state index in [9.17, 15) is 13.2 Å². The summed E-state index contributed by atoms with van der Waals surface area (Å²) in [6.45, 7) is 0.833. The maximum absolute atomic E-state index is 12.8. The third-order valence-corrected chi connectivity index (χ3v) is 3.99. The molecule has 2 aromatic heterocycles. The van der Waals surface area contributed by atoms with Gasteiger partial charge in [0.05, 0.1) is 5.56 Å². The first-order valence-electron chi connectivity index (χ1n) is 7.38. The Kier molecular flexibility index (Phi) is 4.10. The van der Waals surface area contributed by atoms with Crippen LogP contribution in [0.3, 0.4) is 0 Å². The fraction of sp³-hybridized carbons (Fsp3) is 0.500. The van der Waals surface area contributed by atoms with Gasteiger partial charge < -0.3 is 11.1 Å². The maximum Gasteiger partial charge on any atom is 0.417 e. The highest BCUT2D eigenvalue weighted by Gasteiger charge is 2.31. The van der Waals surface area contributed by atoms with Crippen molar-refractivity contribution >= 4 is 11.6 Å². The van der Waals surface area contributed by atoms with E-state index in [1.807, 2.05) is 0 Å². The molecule has 3 rings (SSSR count). The van der Waals surface area contributed by atoms with Crippen LogP contribution in [0.2, 0.25) is 0 Å². The number of aliphatic imine (C=N–C) groups is 1. The molecule has 1 fully saturated rings. The predicted octanol–water partition coefficient (Wildman–Crippen LogP) is 1.95. The van der Waals surface area contributed by atoms with Gasteiger partial charge in [0.2, 0.25) is 0 Å². The summed E-state index contributed by atoms with van der Waals surface area (Å²) in [5, 5.41) is 10.7. The average Bonchev–Trinajstić information content (AvgIpc) is 2.85. The van der Waals surface area contributed by atoms with Gasteiger partial charge in [-0.2, -0.15) is 13.2 Å². The van der Waals surface area contributed by atoms with Crippen LogP contribution >= 0.6 is 0 Å². The Bertz CT molecular complexity index is 717. The smallest absolute Gasteiger partial charge is 0.370 e. The molecule has 0 atom stereocenters. The van der Waals surface area contributed by atoms with Crippen LogP contribution in [0, 0.1) is 5.92 Å². The van der Waals surface area contributed by atoms with Crippen molar-refractivity contribution in [2.24, 2.45) is 16.6 Å². The minimum absolute atomic E-state index is 0.0615. The largest absolute Gasteiger partial charge is 0.417 e. The van der Waals surface area contributed by atoms with Gasteiger partial charge in [0, 0.05) is 12.7 Å². The van der Waals surface area contributed by atoms with Crippen LogP contribution in [-0.4, -0.2) is 27.1 Å². The van der Waals surface area contributed by atoms with E-state index in [0.717, 1.165) is 18.8 Å². The van der Waals surface area contributed by atoms with Crippen molar-refractivity contribution in [3.05, 3.63) is 29.7 Å². The molecule has 0 aromatic carbocycles. The molecule has 1 saturated carbocycles. The molecule has 0 bridgehead atoms. The molecule has 1 aliphatic carbocycles. The van der Waals surface area contributed by atoms with E-state index < -0.39 is 11.7 Å². The van der Waals surface area contributed by atoms with Crippen LogP contribution < -0.4 is 11.1 Å². The Morgan fingerprint density at radius 3 is 2.78 bits per heavy atom. The summed E-state index contributed by atoms with van der Waals surface area (Å²) >= 11 is 0. The van der Waals surface area contributed by atoms with E-state index in [-0.39, 0.29) is 12.5 Å². The van der Waals surface area contributed by atoms with Crippen molar-refractivity contribution in [2.75, 3.05) is 6.54 Å². The van der Waals surface area contributed by atoms with E-state index in [0.29, 0.717) is 17.4 Å². The number of nitrogens with one attached hydrogen (secondary N) is 1. The molecule has 0 unspecified atom stereocenters. The van der Waals surface area contributed by atoms with Crippen LogP contribution in [0.25, 0.3) is 5.65 Å². The van der Waals surface area contributed by atoms with Gasteiger partial charge in [-0.05, 0) is 30.9 Å². The molecule has 0 spiro atoms. The summed E-state index contributed by atoms with van der Waals surface area (Å²) in [4.78, 5) is 4.12. The first kappa shape index (κ1) is 15.6. The number of nitrogens with zero attached hydrogens (tertiary/aromatic N) is 4. The van der Waals surface area contributed by atoms with Gasteiger partial charge >= 0.3 is 6.18 Å². The number of nitrogens with two attached hydrogens (primary N) is 1. The number of halogens is 3. The van der Waals surface area contributed by atoms with E-state index in [1.54, 1.807) is 0 Å². The van der Waals surface area contributed by atoms with Gasteiger partial charge in [-0.3, -0.25) is 4.40 Å². The lowest BCUT2D eigenvalue weighted by Crippen LogP contribution is -2.37. The lowest BCUT2D eigenvalue weighted by atomic mass is 9.85. The molecule has 2 heterocycles. The Morgan fingerprint density at radius 1 is 1.35 bits per heavy atom. The molecule has 0 amide bonds. The Balaban J connectivity index is 1.71. The monoisotopic (exact) mass is 326 g/mol. The van der Waals surface area contributed by atoms with Crippen molar-refractivity contribution in [1.29, 1.82) is 0 Å². The number of guanidine groups is 1. The highest BCUT2D eigenvalue weighted by atomic mass is 19.4. The van der Waals surface area contributed by atoms with Crippen LogP contribution in [0.1, 0.15) is 30.7 Å². The highest BCUT2D eigenvalue weighted by Crippen LogP contribution is 2.29. The second-order valence-electron chi connectivity index (χ2n) is 5.64. The fourth-order valence-corrected chi connectivity index (χ4v) is 2.37. The van der Waals surface area contributed by atoms with E-state index >= 15 is 0 Å². The second kappa shape index (κ2) is 6.05. The van der Waals surface area contributed by atoms with Crippen molar-refractivity contribution in [1.82, 2.24) is 19.9 Å². The number of alkyl halides is 3. The molecule has 23 heavy (non-hydrogen) atoms. The van der Waals surface area contributed by atoms with Crippen LogP contribution in [0.5, 0.6) is 0 Å². The summed E-state index contributed by atoms with van der Waals surface area (Å²) in [5.74, 6) is 1.20. The lowest BCUT2D eigenvalue weighted by Gasteiger charge is -2.25. The summed E-state index contributed by atoms with van der Waals surface area (Å²) in [6.07, 6.45) is 0.182. The first-order valence-corrected chi connectivity index (χ1v) is 7.38. The molecular formula is C14H17F3N6. The quantitative estimate of drug-likeness (QED) is 0.665. The number of aromatic nitrogens is 3. The topological polar surface area (TPSA) is 80.6 Å². The van der Waals surface area contributed by atoms with Crippen LogP contribution in [0.4, 0.5) is 13.2 Å². The number of hydrogen-bond donors (Lipinski definition) is 2. The summed E-state index contributed by atoms with van der Waals surface area (Å²) in [6, 6.07) is 2.26. The molecular weight excluding hydrogens is 309 g/mol. The van der Waals surface area contributed by atoms with E-state index in [4.69, 9.17) is 5.73 Å². The van der Waals surface area contributed by atoms with Gasteiger partial charge in [0.1, 0.15) is 6.54 Å². The molecule has 9 heteroatoms. The average molecular weight is 326 g/mol. The van der Waals surface area contributed by atoms with Gasteiger partial charge in [0.15, 0.2) is 17.4 Å². The molecule has 6 nitrogen and oxygen atoms in total. The zero-order chi connectivity index (χ0) is 16.4. The summed E-state index contributed by atoms with van der Waals surface area (Å²) in [5.41, 5.74) is 5.34. The number of fused-ring (bicyclic) bond motifs is 1. The Hall–Kier alpha value is -2.32. The highest BCUT2D eigenvalue weighted by molar-refractivity contribution is 5.77. The van der Waals surface area contributed by atoms with Crippen LogP contribution in [-0.2, 0) is 12.7 Å². The molecule has 0 saturated heterocycles. The molecule has 124 valence electrons. The minimum Gasteiger partial charge on any atom is -0.370 e. The van der Waals surface area contributed by atoms with Gasteiger partial charge in [0.25, 0.3) is 0 Å². The SMILES string of the molecule is NC(=NCc1nnc2ccc(C(F)(F)F)cn12)NCC1CCC1. The lowest BCUT2D eigenvalue weighted by molar-refractivity contribution is -0.137.